The Hall–Kier alpha value is -3.82. The average Bonchev–Trinajstić information content (AvgIpc) is 3.28. The summed E-state index contributed by atoms with van der Waals surface area (Å²) < 4.78 is 54.9. The number of amides is 1. The van der Waals surface area contributed by atoms with E-state index in [9.17, 15) is 18.0 Å². The van der Waals surface area contributed by atoms with Crippen molar-refractivity contribution in [3.63, 3.8) is 0 Å². The van der Waals surface area contributed by atoms with Gasteiger partial charge in [-0.25, -0.2) is 14.8 Å². The fraction of sp³-hybridized carbons (Fsp3) is 0.261. The van der Waals surface area contributed by atoms with E-state index < -0.39 is 23.9 Å². The van der Waals surface area contributed by atoms with Crippen LogP contribution in [0.2, 0.25) is 0 Å². The van der Waals surface area contributed by atoms with Crippen molar-refractivity contribution in [1.29, 1.82) is 0 Å². The maximum Gasteiger partial charge on any atom is 0.413 e. The van der Waals surface area contributed by atoms with Gasteiger partial charge in [0.15, 0.2) is 11.6 Å². The molecule has 0 radical (unpaired) electrons. The second kappa shape index (κ2) is 7.65. The fourth-order valence-electron chi connectivity index (χ4n) is 4.54. The smallest absolute Gasteiger partial charge is 0.413 e. The van der Waals surface area contributed by atoms with Crippen molar-refractivity contribution in [2.24, 2.45) is 0 Å². The summed E-state index contributed by atoms with van der Waals surface area (Å²) in [6, 6.07) is 12.9. The zero-order chi connectivity index (χ0) is 23.2. The van der Waals surface area contributed by atoms with Crippen molar-refractivity contribution in [3.8, 4) is 5.75 Å². The Labute approximate surface area is 187 Å². The first-order chi connectivity index (χ1) is 15.8. The quantitative estimate of drug-likeness (QED) is 0.579. The third-order valence-electron chi connectivity index (χ3n) is 5.87. The van der Waals surface area contributed by atoms with Crippen LogP contribution in [-0.4, -0.2) is 46.8 Å². The maximum atomic E-state index is 14.7. The highest BCUT2D eigenvalue weighted by molar-refractivity contribution is 5.78. The van der Waals surface area contributed by atoms with Gasteiger partial charge in [0.2, 0.25) is 5.95 Å². The summed E-state index contributed by atoms with van der Waals surface area (Å²) in [5.74, 6) is 0.211. The molecule has 10 heteroatoms. The van der Waals surface area contributed by atoms with E-state index >= 15 is 0 Å². The van der Waals surface area contributed by atoms with Crippen LogP contribution in [-0.2, 0) is 16.9 Å². The number of hydrogen-bond donors (Lipinski definition) is 0. The van der Waals surface area contributed by atoms with Gasteiger partial charge in [-0.05, 0) is 29.8 Å². The molecule has 0 saturated carbocycles. The predicted octanol–water partition coefficient (Wildman–Crippen LogP) is 4.42. The lowest BCUT2D eigenvalue weighted by Crippen LogP contribution is -2.54. The molecule has 3 heterocycles. The van der Waals surface area contributed by atoms with E-state index in [1.807, 2.05) is 6.07 Å². The van der Waals surface area contributed by atoms with E-state index in [0.717, 1.165) is 10.5 Å². The SMILES string of the molecule is COc1ccc2c(c1)C1(CN(Cc3ccccc3)C(=O)O1)C(C(F)(F)F)N2c1ncccn1. The van der Waals surface area contributed by atoms with Gasteiger partial charge in [0, 0.05) is 24.5 Å². The van der Waals surface area contributed by atoms with Gasteiger partial charge in [0.25, 0.3) is 0 Å². The minimum absolute atomic E-state index is 0.118. The number of alkyl halides is 3. The first kappa shape index (κ1) is 21.0. The summed E-state index contributed by atoms with van der Waals surface area (Å²) in [5, 5.41) is 0. The molecule has 1 amide bonds. The number of ether oxygens (including phenoxy) is 2. The second-order valence-corrected chi connectivity index (χ2v) is 7.85. The van der Waals surface area contributed by atoms with Crippen molar-refractivity contribution >= 4 is 17.7 Å². The lowest BCUT2D eigenvalue weighted by atomic mass is 9.88. The van der Waals surface area contributed by atoms with Crippen molar-refractivity contribution in [1.82, 2.24) is 14.9 Å². The molecule has 170 valence electrons. The number of methoxy groups -OCH3 is 1. The predicted molar refractivity (Wildman–Crippen MR) is 112 cm³/mol. The van der Waals surface area contributed by atoms with Gasteiger partial charge in [-0.2, -0.15) is 13.2 Å². The lowest BCUT2D eigenvalue weighted by molar-refractivity contribution is -0.183. The van der Waals surface area contributed by atoms with Crippen molar-refractivity contribution in [2.45, 2.75) is 24.4 Å². The molecule has 7 nitrogen and oxygen atoms in total. The third-order valence-corrected chi connectivity index (χ3v) is 5.87. The zero-order valence-electron chi connectivity index (χ0n) is 17.5. The molecule has 0 aliphatic carbocycles. The minimum atomic E-state index is -4.77. The van der Waals surface area contributed by atoms with E-state index in [4.69, 9.17) is 9.47 Å². The fourth-order valence-corrected chi connectivity index (χ4v) is 4.54. The summed E-state index contributed by atoms with van der Waals surface area (Å²) in [6.45, 7) is -0.179. The number of anilines is 2. The molecule has 2 aliphatic rings. The van der Waals surface area contributed by atoms with Crippen LogP contribution in [0.1, 0.15) is 11.1 Å². The number of carbonyl (C=O) groups is 1. The van der Waals surface area contributed by atoms with Crippen LogP contribution in [0.5, 0.6) is 5.75 Å². The number of nitrogens with zero attached hydrogens (tertiary/aromatic N) is 4. The van der Waals surface area contributed by atoms with Crippen LogP contribution in [0.3, 0.4) is 0 Å². The average molecular weight is 456 g/mol. The molecule has 0 bridgehead atoms. The van der Waals surface area contributed by atoms with E-state index in [1.54, 1.807) is 30.3 Å². The maximum absolute atomic E-state index is 14.7. The van der Waals surface area contributed by atoms with Crippen LogP contribution in [0.15, 0.2) is 67.0 Å². The van der Waals surface area contributed by atoms with Gasteiger partial charge < -0.3 is 9.47 Å². The molecule has 3 aromatic rings. The summed E-state index contributed by atoms with van der Waals surface area (Å²) in [6.07, 6.45) is -2.86. The molecule has 2 aromatic carbocycles. The summed E-state index contributed by atoms with van der Waals surface area (Å²) >= 11 is 0. The largest absolute Gasteiger partial charge is 0.497 e. The Morgan fingerprint density at radius 1 is 1.12 bits per heavy atom. The van der Waals surface area contributed by atoms with Crippen molar-refractivity contribution in [2.75, 3.05) is 18.6 Å². The molecule has 1 spiro atoms. The van der Waals surface area contributed by atoms with Gasteiger partial charge in [0.1, 0.15) is 5.75 Å². The molecular weight excluding hydrogens is 437 g/mol. The van der Waals surface area contributed by atoms with Crippen LogP contribution < -0.4 is 9.64 Å². The molecule has 1 fully saturated rings. The van der Waals surface area contributed by atoms with Crippen LogP contribution in [0, 0.1) is 0 Å². The van der Waals surface area contributed by atoms with Gasteiger partial charge in [-0.15, -0.1) is 0 Å². The highest BCUT2D eigenvalue weighted by Crippen LogP contribution is 2.56. The zero-order valence-corrected chi connectivity index (χ0v) is 17.5. The van der Waals surface area contributed by atoms with E-state index in [-0.39, 0.29) is 30.3 Å². The van der Waals surface area contributed by atoms with Crippen LogP contribution in [0.25, 0.3) is 0 Å². The summed E-state index contributed by atoms with van der Waals surface area (Å²) in [7, 11) is 1.42. The van der Waals surface area contributed by atoms with Gasteiger partial charge >= 0.3 is 12.3 Å². The molecule has 2 atom stereocenters. The number of rotatable bonds is 4. The van der Waals surface area contributed by atoms with Crippen molar-refractivity contribution < 1.29 is 27.4 Å². The Kier molecular flexibility index (Phi) is 4.88. The standard InChI is InChI=1S/C23H19F3N4O3/c1-32-16-8-9-18-17(12-16)22(14-29(21(31)33-22)13-15-6-3-2-4-7-15)19(23(24,25)26)30(18)20-27-10-5-11-28-20/h2-12,19H,13-14H2,1H3. The first-order valence-electron chi connectivity index (χ1n) is 10.2. The van der Waals surface area contributed by atoms with E-state index in [1.165, 1.54) is 42.6 Å². The molecule has 1 aromatic heterocycles. The highest BCUT2D eigenvalue weighted by atomic mass is 19.4. The van der Waals surface area contributed by atoms with Crippen LogP contribution in [0.4, 0.5) is 29.6 Å². The molecular formula is C23H19F3N4O3. The number of halogens is 3. The lowest BCUT2D eigenvalue weighted by Gasteiger charge is -2.34. The van der Waals surface area contributed by atoms with Gasteiger partial charge in [-0.3, -0.25) is 9.80 Å². The van der Waals surface area contributed by atoms with Gasteiger partial charge in [-0.1, -0.05) is 30.3 Å². The first-order valence-corrected chi connectivity index (χ1v) is 10.2. The molecule has 2 aliphatic heterocycles. The molecule has 1 saturated heterocycles. The Balaban J connectivity index is 1.66. The van der Waals surface area contributed by atoms with Crippen molar-refractivity contribution in [3.05, 3.63) is 78.1 Å². The number of hydrogen-bond acceptors (Lipinski definition) is 6. The molecule has 0 N–H and O–H groups in total. The van der Waals surface area contributed by atoms with Gasteiger partial charge in [0.05, 0.1) is 19.3 Å². The number of carbonyl (C=O) groups excluding carboxylic acids is 1. The Morgan fingerprint density at radius 3 is 2.52 bits per heavy atom. The Morgan fingerprint density at radius 2 is 1.85 bits per heavy atom. The summed E-state index contributed by atoms with van der Waals surface area (Å²) in [5.41, 5.74) is -0.839. The molecule has 33 heavy (non-hydrogen) atoms. The topological polar surface area (TPSA) is 67.8 Å². The minimum Gasteiger partial charge on any atom is -0.497 e. The van der Waals surface area contributed by atoms with E-state index in [0.29, 0.717) is 5.75 Å². The number of fused-ring (bicyclic) bond motifs is 2. The monoisotopic (exact) mass is 456 g/mol. The number of benzene rings is 2. The van der Waals surface area contributed by atoms with Crippen LogP contribution >= 0.6 is 0 Å². The van der Waals surface area contributed by atoms with E-state index in [2.05, 4.69) is 9.97 Å². The normalized spacial score (nSPS) is 21.9. The highest BCUT2D eigenvalue weighted by Gasteiger charge is 2.69. The number of aromatic nitrogens is 2. The molecule has 5 rings (SSSR count). The second-order valence-electron chi connectivity index (χ2n) is 7.85. The summed E-state index contributed by atoms with van der Waals surface area (Å²) in [4.78, 5) is 23.3. The molecule has 2 unspecified atom stereocenters. The third kappa shape index (κ3) is 3.42. The Bertz CT molecular complexity index is 1180.